The first-order valence-electron chi connectivity index (χ1n) is 12.3. The molecule has 1 saturated heterocycles. The summed E-state index contributed by atoms with van der Waals surface area (Å²) < 4.78 is 6.49. The van der Waals surface area contributed by atoms with Gasteiger partial charge < -0.3 is 10.1 Å². The molecular formula is C27H20N4O7S3. The number of carbonyl (C=O) groups is 3. The standard InChI is InChI=1S/C27H20N4O7S3/c1-38-17-10-4-14(5-11-17)28-19(32)13-29-26-23(41-27(29)35)20(18-3-2-12-39-18)21-22(40-26)25(34)30(24(21)33)15-6-8-16(9-7-15)31(36)37/h2-12,20-22H,13H2,1H3,(H,28,32)/t20-,21?,22?/m1/s1. The lowest BCUT2D eigenvalue weighted by Crippen LogP contribution is -2.32. The molecule has 1 fully saturated rings. The third-order valence-electron chi connectivity index (χ3n) is 6.89. The molecule has 2 unspecified atom stereocenters. The number of anilines is 2. The molecule has 41 heavy (non-hydrogen) atoms. The lowest BCUT2D eigenvalue weighted by Gasteiger charge is -2.29. The van der Waals surface area contributed by atoms with E-state index >= 15 is 0 Å². The minimum atomic E-state index is -0.845. The minimum Gasteiger partial charge on any atom is -0.497 e. The molecule has 2 aromatic carbocycles. The molecule has 4 aromatic rings. The molecule has 3 amide bonds. The number of ether oxygens (including phenoxy) is 1. The van der Waals surface area contributed by atoms with E-state index in [1.807, 2.05) is 17.5 Å². The van der Waals surface area contributed by atoms with E-state index in [9.17, 15) is 29.3 Å². The van der Waals surface area contributed by atoms with Crippen molar-refractivity contribution in [3.05, 3.63) is 95.6 Å². The summed E-state index contributed by atoms with van der Waals surface area (Å²) in [6, 6.07) is 15.7. The van der Waals surface area contributed by atoms with Crippen molar-refractivity contribution in [2.45, 2.75) is 22.7 Å². The number of nitro benzene ring substituents is 1. The van der Waals surface area contributed by atoms with Crippen LogP contribution in [-0.2, 0) is 20.9 Å². The van der Waals surface area contributed by atoms with Crippen molar-refractivity contribution in [2.24, 2.45) is 5.92 Å². The van der Waals surface area contributed by atoms with Gasteiger partial charge in [0, 0.05) is 33.5 Å². The van der Waals surface area contributed by atoms with E-state index < -0.39 is 39.7 Å². The van der Waals surface area contributed by atoms with Crippen molar-refractivity contribution in [3.63, 3.8) is 0 Å². The summed E-state index contributed by atoms with van der Waals surface area (Å²) in [6.45, 7) is -0.271. The molecule has 2 aromatic heterocycles. The van der Waals surface area contributed by atoms with E-state index in [1.165, 1.54) is 40.2 Å². The van der Waals surface area contributed by atoms with Crippen LogP contribution in [0, 0.1) is 16.0 Å². The molecule has 2 aliphatic rings. The maximum absolute atomic E-state index is 13.8. The highest BCUT2D eigenvalue weighted by atomic mass is 32.2. The van der Waals surface area contributed by atoms with Crippen LogP contribution >= 0.6 is 34.4 Å². The van der Waals surface area contributed by atoms with Crippen LogP contribution in [0.1, 0.15) is 15.7 Å². The van der Waals surface area contributed by atoms with Crippen LogP contribution in [0.4, 0.5) is 17.1 Å². The number of aromatic nitrogens is 1. The number of imide groups is 1. The van der Waals surface area contributed by atoms with Crippen molar-refractivity contribution in [1.82, 2.24) is 4.57 Å². The number of hydrogen-bond donors (Lipinski definition) is 1. The first kappa shape index (κ1) is 26.9. The quantitative estimate of drug-likeness (QED) is 0.186. The highest BCUT2D eigenvalue weighted by Crippen LogP contribution is 2.54. The van der Waals surface area contributed by atoms with Crippen molar-refractivity contribution in [1.29, 1.82) is 0 Å². The van der Waals surface area contributed by atoms with Crippen molar-refractivity contribution >= 4 is 69.2 Å². The van der Waals surface area contributed by atoms with Crippen LogP contribution in [0.2, 0.25) is 0 Å². The molecule has 0 spiro atoms. The normalized spacial score (nSPS) is 19.5. The number of nitrogens with zero attached hydrogens (tertiary/aromatic N) is 3. The second-order valence-electron chi connectivity index (χ2n) is 9.24. The Kier molecular flexibility index (Phi) is 6.97. The molecular weight excluding hydrogens is 589 g/mol. The van der Waals surface area contributed by atoms with E-state index in [0.29, 0.717) is 21.3 Å². The number of carbonyl (C=O) groups excluding carboxylic acids is 3. The Morgan fingerprint density at radius 3 is 2.41 bits per heavy atom. The lowest BCUT2D eigenvalue weighted by molar-refractivity contribution is -0.384. The highest BCUT2D eigenvalue weighted by molar-refractivity contribution is 8.00. The summed E-state index contributed by atoms with van der Waals surface area (Å²) in [7, 11) is 1.54. The Labute approximate surface area is 244 Å². The van der Waals surface area contributed by atoms with Gasteiger partial charge in [-0.15, -0.1) is 11.3 Å². The summed E-state index contributed by atoms with van der Waals surface area (Å²) in [4.78, 5) is 66.4. The molecule has 208 valence electrons. The van der Waals surface area contributed by atoms with Crippen molar-refractivity contribution in [3.8, 4) is 5.75 Å². The van der Waals surface area contributed by atoms with E-state index in [4.69, 9.17) is 4.74 Å². The maximum atomic E-state index is 13.8. The maximum Gasteiger partial charge on any atom is 0.308 e. The van der Waals surface area contributed by atoms with E-state index in [0.717, 1.165) is 32.9 Å². The fraction of sp³-hybridized carbons (Fsp3) is 0.185. The number of nitrogens with one attached hydrogen (secondary N) is 1. The predicted molar refractivity (Wildman–Crippen MR) is 155 cm³/mol. The summed E-state index contributed by atoms with van der Waals surface area (Å²) in [5, 5.41) is 15.4. The van der Waals surface area contributed by atoms with Crippen LogP contribution < -0.4 is 19.8 Å². The number of amides is 3. The molecule has 0 aliphatic carbocycles. The van der Waals surface area contributed by atoms with Gasteiger partial charge in [-0.1, -0.05) is 29.2 Å². The Hall–Kier alpha value is -4.27. The molecule has 11 nitrogen and oxygen atoms in total. The molecule has 1 N–H and O–H groups in total. The fourth-order valence-electron chi connectivity index (χ4n) is 5.03. The number of nitro groups is 1. The van der Waals surface area contributed by atoms with E-state index in [-0.39, 0.29) is 22.8 Å². The summed E-state index contributed by atoms with van der Waals surface area (Å²) >= 11 is 3.50. The molecule has 0 radical (unpaired) electrons. The molecule has 0 bridgehead atoms. The van der Waals surface area contributed by atoms with Gasteiger partial charge in [-0.2, -0.15) is 0 Å². The Bertz CT molecular complexity index is 1730. The average molecular weight is 609 g/mol. The largest absolute Gasteiger partial charge is 0.497 e. The molecule has 14 heteroatoms. The second-order valence-corrected chi connectivity index (χ2v) is 12.3. The van der Waals surface area contributed by atoms with Crippen molar-refractivity contribution < 1.29 is 24.0 Å². The van der Waals surface area contributed by atoms with Gasteiger partial charge >= 0.3 is 4.87 Å². The molecule has 6 rings (SSSR count). The van der Waals surface area contributed by atoms with Crippen LogP contribution in [0.15, 0.2) is 75.9 Å². The summed E-state index contributed by atoms with van der Waals surface area (Å²) in [5.74, 6) is -2.04. The zero-order valence-corrected chi connectivity index (χ0v) is 23.7. The van der Waals surface area contributed by atoms with E-state index in [1.54, 1.807) is 31.4 Å². The van der Waals surface area contributed by atoms with Crippen LogP contribution in [0.25, 0.3) is 0 Å². The van der Waals surface area contributed by atoms with Gasteiger partial charge in [0.05, 0.1) is 28.7 Å². The summed E-state index contributed by atoms with van der Waals surface area (Å²) in [5.41, 5.74) is 0.618. The zero-order valence-electron chi connectivity index (χ0n) is 21.2. The Morgan fingerprint density at radius 2 is 1.78 bits per heavy atom. The minimum absolute atomic E-state index is 0.157. The van der Waals surface area contributed by atoms with Gasteiger partial charge in [0.15, 0.2) is 0 Å². The lowest BCUT2D eigenvalue weighted by atomic mass is 9.87. The first-order valence-corrected chi connectivity index (χ1v) is 14.8. The smallest absolute Gasteiger partial charge is 0.308 e. The van der Waals surface area contributed by atoms with Crippen LogP contribution in [0.5, 0.6) is 5.75 Å². The molecule has 3 atom stereocenters. The third kappa shape index (κ3) is 4.73. The van der Waals surface area contributed by atoms with Gasteiger partial charge in [0.1, 0.15) is 17.5 Å². The van der Waals surface area contributed by atoms with E-state index in [2.05, 4.69) is 5.32 Å². The van der Waals surface area contributed by atoms with Gasteiger partial charge in [0.2, 0.25) is 17.7 Å². The van der Waals surface area contributed by atoms with Gasteiger partial charge in [0.25, 0.3) is 5.69 Å². The number of fused-ring (bicyclic) bond motifs is 2. The summed E-state index contributed by atoms with van der Waals surface area (Å²) in [6.07, 6.45) is 0. The number of thiophene rings is 1. The number of methoxy groups -OCH3 is 1. The topological polar surface area (TPSA) is 141 Å². The number of thioether (sulfide) groups is 1. The van der Waals surface area contributed by atoms with Crippen molar-refractivity contribution in [2.75, 3.05) is 17.3 Å². The SMILES string of the molecule is COc1ccc(NC(=O)Cn2c3c(sc2=O)[C@H](c2cccs2)C2C(=O)N(c4ccc([N+](=O)[O-])cc4)C(=O)C2S3)cc1. The van der Waals surface area contributed by atoms with Gasteiger partial charge in [-0.25, -0.2) is 4.90 Å². The Balaban J connectivity index is 1.34. The monoisotopic (exact) mass is 608 g/mol. The fourth-order valence-corrected chi connectivity index (χ4v) is 8.75. The molecule has 2 aliphatic heterocycles. The third-order valence-corrected chi connectivity index (χ3v) is 10.5. The van der Waals surface area contributed by atoms with Crippen LogP contribution in [0.3, 0.4) is 0 Å². The second kappa shape index (κ2) is 10.6. The highest BCUT2D eigenvalue weighted by Gasteiger charge is 2.57. The number of benzene rings is 2. The number of rotatable bonds is 7. The molecule has 4 heterocycles. The van der Waals surface area contributed by atoms with Crippen LogP contribution in [-0.4, -0.2) is 39.6 Å². The predicted octanol–water partition coefficient (Wildman–Crippen LogP) is 4.32. The number of non-ortho nitro benzene ring substituents is 1. The zero-order chi connectivity index (χ0) is 28.8. The Morgan fingerprint density at radius 1 is 1.05 bits per heavy atom. The molecule has 0 saturated carbocycles. The number of hydrogen-bond acceptors (Lipinski definition) is 10. The van der Waals surface area contributed by atoms with Gasteiger partial charge in [-0.3, -0.25) is 33.9 Å². The number of thiazole rings is 1. The average Bonchev–Trinajstić information content (AvgIpc) is 3.66. The first-order chi connectivity index (χ1) is 19.8. The van der Waals surface area contributed by atoms with Gasteiger partial charge in [-0.05, 0) is 47.8 Å².